The van der Waals surface area contributed by atoms with E-state index in [0.717, 1.165) is 32.7 Å². The lowest BCUT2D eigenvalue weighted by Crippen LogP contribution is -2.52. The molecule has 0 saturated carbocycles. The van der Waals surface area contributed by atoms with E-state index in [-0.39, 0.29) is 0 Å². The Morgan fingerprint density at radius 1 is 1.47 bits per heavy atom. The van der Waals surface area contributed by atoms with Crippen molar-refractivity contribution in [3.05, 3.63) is 12.7 Å². The molecule has 0 bridgehead atoms. The first-order valence-corrected chi connectivity index (χ1v) is 7.00. The molecule has 1 aliphatic rings. The highest BCUT2D eigenvalue weighted by Gasteiger charge is 2.26. The minimum Gasteiger partial charge on any atom is -0.374 e. The van der Waals surface area contributed by atoms with Crippen molar-refractivity contribution in [3.63, 3.8) is 0 Å². The van der Waals surface area contributed by atoms with Crippen LogP contribution < -0.4 is 5.32 Å². The quantitative estimate of drug-likeness (QED) is 0.657. The maximum absolute atomic E-state index is 5.91. The van der Waals surface area contributed by atoms with Gasteiger partial charge in [-0.15, -0.1) is 6.58 Å². The van der Waals surface area contributed by atoms with E-state index < -0.39 is 0 Å². The first-order valence-electron chi connectivity index (χ1n) is 7.00. The molecule has 1 heterocycles. The molecule has 1 saturated heterocycles. The molecule has 100 valence electrons. The first kappa shape index (κ1) is 14.7. The van der Waals surface area contributed by atoms with Crippen LogP contribution in [0.3, 0.4) is 0 Å². The Bertz CT molecular complexity index is 206. The number of rotatable bonds is 8. The summed E-state index contributed by atoms with van der Waals surface area (Å²) in [6.45, 7) is 13.5. The summed E-state index contributed by atoms with van der Waals surface area (Å²) < 4.78 is 5.91. The van der Waals surface area contributed by atoms with Crippen molar-refractivity contribution < 1.29 is 4.74 Å². The summed E-state index contributed by atoms with van der Waals surface area (Å²) in [6, 6.07) is 0.423. The Hall–Kier alpha value is -0.380. The summed E-state index contributed by atoms with van der Waals surface area (Å²) in [5.74, 6) is 0. The van der Waals surface area contributed by atoms with Crippen molar-refractivity contribution in [1.82, 2.24) is 10.2 Å². The fourth-order valence-corrected chi connectivity index (χ4v) is 2.37. The zero-order chi connectivity index (χ0) is 12.5. The molecular formula is C14H28N2O. The molecule has 0 aromatic rings. The van der Waals surface area contributed by atoms with Gasteiger partial charge in [-0.1, -0.05) is 19.9 Å². The molecule has 0 aromatic heterocycles. The minimum atomic E-state index is 0.319. The Morgan fingerprint density at radius 3 is 2.94 bits per heavy atom. The van der Waals surface area contributed by atoms with Gasteiger partial charge in [-0.25, -0.2) is 0 Å². The summed E-state index contributed by atoms with van der Waals surface area (Å²) in [5, 5.41) is 3.58. The number of ether oxygens (including phenoxy) is 1. The fraction of sp³-hybridized carbons (Fsp3) is 0.857. The fourth-order valence-electron chi connectivity index (χ4n) is 2.37. The van der Waals surface area contributed by atoms with Gasteiger partial charge in [-0.05, 0) is 32.4 Å². The third-order valence-corrected chi connectivity index (χ3v) is 3.24. The van der Waals surface area contributed by atoms with Crippen molar-refractivity contribution in [2.75, 3.05) is 32.8 Å². The van der Waals surface area contributed by atoms with Crippen LogP contribution in [0.15, 0.2) is 12.7 Å². The van der Waals surface area contributed by atoms with Gasteiger partial charge in [0, 0.05) is 19.1 Å². The number of morpholine rings is 1. The zero-order valence-electron chi connectivity index (χ0n) is 11.5. The van der Waals surface area contributed by atoms with Gasteiger partial charge in [0.25, 0.3) is 0 Å². The van der Waals surface area contributed by atoms with E-state index in [1.807, 2.05) is 6.08 Å². The van der Waals surface area contributed by atoms with Crippen molar-refractivity contribution in [2.45, 2.75) is 45.3 Å². The van der Waals surface area contributed by atoms with Gasteiger partial charge < -0.3 is 10.1 Å². The lowest BCUT2D eigenvalue weighted by molar-refractivity contribution is -0.0457. The molecule has 17 heavy (non-hydrogen) atoms. The second-order valence-electron chi connectivity index (χ2n) is 4.79. The summed E-state index contributed by atoms with van der Waals surface area (Å²) in [7, 11) is 0. The minimum absolute atomic E-state index is 0.319. The van der Waals surface area contributed by atoms with Crippen LogP contribution >= 0.6 is 0 Å². The average Bonchev–Trinajstić information content (AvgIpc) is 2.35. The molecule has 0 amide bonds. The van der Waals surface area contributed by atoms with E-state index in [2.05, 4.69) is 30.6 Å². The normalized spacial score (nSPS) is 23.5. The second-order valence-corrected chi connectivity index (χ2v) is 4.79. The number of nitrogens with one attached hydrogen (secondary N) is 1. The van der Waals surface area contributed by atoms with Gasteiger partial charge in [0.05, 0.1) is 12.7 Å². The third kappa shape index (κ3) is 5.19. The van der Waals surface area contributed by atoms with E-state index in [0.29, 0.717) is 12.1 Å². The van der Waals surface area contributed by atoms with Crippen LogP contribution in [0.2, 0.25) is 0 Å². The van der Waals surface area contributed by atoms with Gasteiger partial charge in [0.1, 0.15) is 0 Å². The molecular weight excluding hydrogens is 212 g/mol. The van der Waals surface area contributed by atoms with Gasteiger partial charge in [0.2, 0.25) is 0 Å². The topological polar surface area (TPSA) is 24.5 Å². The van der Waals surface area contributed by atoms with Crippen LogP contribution in [0.5, 0.6) is 0 Å². The molecule has 0 aliphatic carbocycles. The van der Waals surface area contributed by atoms with Crippen LogP contribution in [0.1, 0.15) is 33.1 Å². The molecule has 0 radical (unpaired) electrons. The first-order chi connectivity index (χ1) is 8.31. The molecule has 3 nitrogen and oxygen atoms in total. The summed E-state index contributed by atoms with van der Waals surface area (Å²) in [4.78, 5) is 2.51. The lowest BCUT2D eigenvalue weighted by atomic mass is 10.1. The Kier molecular flexibility index (Phi) is 7.49. The van der Waals surface area contributed by atoms with Crippen molar-refractivity contribution in [1.29, 1.82) is 0 Å². The van der Waals surface area contributed by atoms with E-state index >= 15 is 0 Å². The van der Waals surface area contributed by atoms with E-state index in [9.17, 15) is 0 Å². The van der Waals surface area contributed by atoms with Crippen molar-refractivity contribution >= 4 is 0 Å². The van der Waals surface area contributed by atoms with Crippen molar-refractivity contribution in [2.24, 2.45) is 0 Å². The summed E-state index contributed by atoms with van der Waals surface area (Å²) in [6.07, 6.45) is 5.69. The SMILES string of the molecule is C=CCC(NCCC)C1CN(CCC)CCO1. The van der Waals surface area contributed by atoms with Crippen LogP contribution in [0.4, 0.5) is 0 Å². The summed E-state index contributed by atoms with van der Waals surface area (Å²) in [5.41, 5.74) is 0. The third-order valence-electron chi connectivity index (χ3n) is 3.24. The predicted molar refractivity (Wildman–Crippen MR) is 73.4 cm³/mol. The molecule has 2 atom stereocenters. The highest BCUT2D eigenvalue weighted by molar-refractivity contribution is 4.87. The van der Waals surface area contributed by atoms with Gasteiger partial charge >= 0.3 is 0 Å². The molecule has 1 fully saturated rings. The predicted octanol–water partition coefficient (Wildman–Crippen LogP) is 2.04. The highest BCUT2D eigenvalue weighted by Crippen LogP contribution is 2.12. The maximum atomic E-state index is 5.91. The van der Waals surface area contributed by atoms with Crippen LogP contribution in [0.25, 0.3) is 0 Å². The van der Waals surface area contributed by atoms with E-state index in [4.69, 9.17) is 4.74 Å². The van der Waals surface area contributed by atoms with Gasteiger partial charge in [-0.2, -0.15) is 0 Å². The van der Waals surface area contributed by atoms with Crippen LogP contribution in [-0.4, -0.2) is 49.8 Å². The molecule has 0 spiro atoms. The van der Waals surface area contributed by atoms with E-state index in [1.54, 1.807) is 0 Å². The van der Waals surface area contributed by atoms with Gasteiger partial charge in [-0.3, -0.25) is 4.90 Å². The van der Waals surface area contributed by atoms with Crippen LogP contribution in [-0.2, 0) is 4.74 Å². The second kappa shape index (κ2) is 8.67. The van der Waals surface area contributed by atoms with Gasteiger partial charge in [0.15, 0.2) is 0 Å². The molecule has 1 rings (SSSR count). The Labute approximate surface area is 106 Å². The number of hydrogen-bond acceptors (Lipinski definition) is 3. The Balaban J connectivity index is 2.44. The molecule has 1 aliphatic heterocycles. The highest BCUT2D eigenvalue weighted by atomic mass is 16.5. The largest absolute Gasteiger partial charge is 0.374 e. The molecule has 2 unspecified atom stereocenters. The molecule has 3 heteroatoms. The maximum Gasteiger partial charge on any atom is 0.0858 e. The molecule has 0 aromatic carbocycles. The Morgan fingerprint density at radius 2 is 2.29 bits per heavy atom. The number of hydrogen-bond donors (Lipinski definition) is 1. The smallest absolute Gasteiger partial charge is 0.0858 e. The van der Waals surface area contributed by atoms with Crippen LogP contribution in [0, 0.1) is 0 Å². The lowest BCUT2D eigenvalue weighted by Gasteiger charge is -2.37. The average molecular weight is 240 g/mol. The van der Waals surface area contributed by atoms with E-state index in [1.165, 1.54) is 19.4 Å². The zero-order valence-corrected chi connectivity index (χ0v) is 11.5. The molecule has 1 N–H and O–H groups in total. The number of nitrogens with zero attached hydrogens (tertiary/aromatic N) is 1. The standard InChI is InChI=1S/C14H28N2O/c1-4-7-13(15-8-5-2)14-12-16(9-6-3)10-11-17-14/h4,13-15H,1,5-12H2,2-3H3. The summed E-state index contributed by atoms with van der Waals surface area (Å²) >= 11 is 0. The monoisotopic (exact) mass is 240 g/mol. The van der Waals surface area contributed by atoms with Crippen molar-refractivity contribution in [3.8, 4) is 0 Å².